The number of carboxylic acid groups (broad SMARTS) is 1. The highest BCUT2D eigenvalue weighted by atomic mass is 16.4. The molecule has 2 aromatic rings. The Labute approximate surface area is 114 Å². The maximum Gasteiger partial charge on any atom is 0.328 e. The Morgan fingerprint density at radius 3 is 2.50 bits per heavy atom. The number of carbonyl (C=O) groups is 2. The number of benzene rings is 1. The van der Waals surface area contributed by atoms with Gasteiger partial charge in [-0.25, -0.2) is 9.78 Å². The maximum atomic E-state index is 11.9. The molecule has 0 fully saturated rings. The van der Waals surface area contributed by atoms with E-state index < -0.39 is 5.97 Å². The Kier molecular flexibility index (Phi) is 4.13. The van der Waals surface area contributed by atoms with Crippen molar-refractivity contribution in [2.45, 2.75) is 0 Å². The van der Waals surface area contributed by atoms with E-state index in [0.717, 1.165) is 6.08 Å². The number of rotatable bonds is 4. The van der Waals surface area contributed by atoms with Gasteiger partial charge in [0.05, 0.1) is 12.4 Å². The van der Waals surface area contributed by atoms with Crippen molar-refractivity contribution in [2.75, 3.05) is 5.32 Å². The average molecular weight is 270 g/mol. The van der Waals surface area contributed by atoms with Crippen LogP contribution in [0.5, 0.6) is 0 Å². The molecule has 1 heterocycles. The third-order valence-corrected chi connectivity index (χ3v) is 2.30. The SMILES string of the molecule is O=C(O)/C=C/c1ccc(C(=O)Nc2nccnn2)cc1. The van der Waals surface area contributed by atoms with Crippen molar-refractivity contribution in [2.24, 2.45) is 0 Å². The number of carbonyl (C=O) groups excluding carboxylic acids is 1. The van der Waals surface area contributed by atoms with Crippen LogP contribution >= 0.6 is 0 Å². The first kappa shape index (κ1) is 13.3. The topological polar surface area (TPSA) is 105 Å². The molecule has 0 atom stereocenters. The van der Waals surface area contributed by atoms with E-state index in [4.69, 9.17) is 5.11 Å². The van der Waals surface area contributed by atoms with Crippen LogP contribution in [0.2, 0.25) is 0 Å². The summed E-state index contributed by atoms with van der Waals surface area (Å²) in [6.45, 7) is 0. The Balaban J connectivity index is 2.06. The summed E-state index contributed by atoms with van der Waals surface area (Å²) in [5, 5.41) is 18.2. The predicted octanol–water partition coefficient (Wildman–Crippen LogP) is 1.22. The molecule has 2 rings (SSSR count). The summed E-state index contributed by atoms with van der Waals surface area (Å²) in [7, 11) is 0. The monoisotopic (exact) mass is 270 g/mol. The summed E-state index contributed by atoms with van der Waals surface area (Å²) in [4.78, 5) is 26.1. The normalized spacial score (nSPS) is 10.4. The molecule has 0 saturated heterocycles. The van der Waals surface area contributed by atoms with Crippen LogP contribution in [0.4, 0.5) is 5.95 Å². The van der Waals surface area contributed by atoms with Gasteiger partial charge in [0.15, 0.2) is 0 Å². The number of hydrogen-bond acceptors (Lipinski definition) is 5. The summed E-state index contributed by atoms with van der Waals surface area (Å²) in [5.74, 6) is -1.28. The summed E-state index contributed by atoms with van der Waals surface area (Å²) >= 11 is 0. The van der Waals surface area contributed by atoms with Crippen LogP contribution in [0.15, 0.2) is 42.7 Å². The fourth-order valence-corrected chi connectivity index (χ4v) is 1.39. The molecule has 0 aliphatic carbocycles. The van der Waals surface area contributed by atoms with Crippen molar-refractivity contribution in [3.63, 3.8) is 0 Å². The molecule has 2 N–H and O–H groups in total. The predicted molar refractivity (Wildman–Crippen MR) is 70.9 cm³/mol. The first-order valence-corrected chi connectivity index (χ1v) is 5.61. The second-order valence-corrected chi connectivity index (χ2v) is 3.71. The van der Waals surface area contributed by atoms with E-state index in [-0.39, 0.29) is 11.9 Å². The number of hydrogen-bond donors (Lipinski definition) is 2. The van der Waals surface area contributed by atoms with Gasteiger partial charge in [0.1, 0.15) is 0 Å². The van der Waals surface area contributed by atoms with Gasteiger partial charge >= 0.3 is 5.97 Å². The first-order valence-electron chi connectivity index (χ1n) is 5.61. The molecule has 100 valence electrons. The minimum Gasteiger partial charge on any atom is -0.478 e. The number of nitrogens with zero attached hydrogens (tertiary/aromatic N) is 3. The molecular weight excluding hydrogens is 260 g/mol. The molecule has 1 amide bonds. The maximum absolute atomic E-state index is 11.9. The van der Waals surface area contributed by atoms with Gasteiger partial charge in [0, 0.05) is 11.6 Å². The molecule has 0 saturated carbocycles. The second-order valence-electron chi connectivity index (χ2n) is 3.71. The molecule has 0 radical (unpaired) electrons. The van der Waals surface area contributed by atoms with Gasteiger partial charge in [-0.2, -0.15) is 5.10 Å². The van der Waals surface area contributed by atoms with Crippen molar-refractivity contribution < 1.29 is 14.7 Å². The molecular formula is C13H10N4O3. The van der Waals surface area contributed by atoms with Crippen molar-refractivity contribution in [3.05, 3.63) is 53.9 Å². The van der Waals surface area contributed by atoms with E-state index in [1.54, 1.807) is 24.3 Å². The summed E-state index contributed by atoms with van der Waals surface area (Å²) < 4.78 is 0. The number of nitrogens with one attached hydrogen (secondary N) is 1. The van der Waals surface area contributed by atoms with Gasteiger partial charge in [0.25, 0.3) is 5.91 Å². The van der Waals surface area contributed by atoms with Crippen LogP contribution in [0.25, 0.3) is 6.08 Å². The zero-order valence-corrected chi connectivity index (χ0v) is 10.2. The fraction of sp³-hybridized carbons (Fsp3) is 0. The van der Waals surface area contributed by atoms with Crippen LogP contribution in [-0.4, -0.2) is 32.2 Å². The first-order chi connectivity index (χ1) is 9.65. The molecule has 0 spiro atoms. The molecule has 1 aromatic heterocycles. The van der Waals surface area contributed by atoms with Crippen LogP contribution < -0.4 is 5.32 Å². The standard InChI is InChI=1S/C13H10N4O3/c18-11(19)6-3-9-1-4-10(5-2-9)12(20)16-13-14-7-8-15-17-13/h1-8H,(H,18,19)(H,14,16,17,20)/b6-3+. The molecule has 0 unspecified atom stereocenters. The molecule has 7 nitrogen and oxygen atoms in total. The smallest absolute Gasteiger partial charge is 0.328 e. The lowest BCUT2D eigenvalue weighted by Crippen LogP contribution is -2.14. The number of aromatic nitrogens is 3. The third kappa shape index (κ3) is 3.70. The highest BCUT2D eigenvalue weighted by molar-refractivity contribution is 6.03. The van der Waals surface area contributed by atoms with Gasteiger partial charge in [0.2, 0.25) is 5.95 Å². The minimum absolute atomic E-state index is 0.118. The van der Waals surface area contributed by atoms with E-state index in [9.17, 15) is 9.59 Å². The summed E-state index contributed by atoms with van der Waals surface area (Å²) in [6.07, 6.45) is 5.29. The van der Waals surface area contributed by atoms with Crippen molar-refractivity contribution >= 4 is 23.9 Å². The van der Waals surface area contributed by atoms with E-state index in [2.05, 4.69) is 20.5 Å². The summed E-state index contributed by atoms with van der Waals surface area (Å²) in [5.41, 5.74) is 1.09. The zero-order chi connectivity index (χ0) is 14.4. The molecule has 0 aliphatic heterocycles. The average Bonchev–Trinajstić information content (AvgIpc) is 2.46. The van der Waals surface area contributed by atoms with Crippen LogP contribution in [0.3, 0.4) is 0 Å². The van der Waals surface area contributed by atoms with E-state index >= 15 is 0 Å². The number of amides is 1. The largest absolute Gasteiger partial charge is 0.478 e. The highest BCUT2D eigenvalue weighted by Crippen LogP contribution is 2.08. The van der Waals surface area contributed by atoms with Crippen molar-refractivity contribution in [1.82, 2.24) is 15.2 Å². The van der Waals surface area contributed by atoms with Crippen molar-refractivity contribution in [1.29, 1.82) is 0 Å². The zero-order valence-electron chi connectivity index (χ0n) is 10.2. The Bertz CT molecular complexity index is 638. The van der Waals surface area contributed by atoms with E-state index in [1.165, 1.54) is 18.5 Å². The van der Waals surface area contributed by atoms with Gasteiger partial charge in [-0.15, -0.1) is 5.10 Å². The molecule has 0 aliphatic rings. The lowest BCUT2D eigenvalue weighted by Gasteiger charge is -2.02. The van der Waals surface area contributed by atoms with Crippen molar-refractivity contribution in [3.8, 4) is 0 Å². The van der Waals surface area contributed by atoms with Crippen LogP contribution in [0, 0.1) is 0 Å². The van der Waals surface area contributed by atoms with Gasteiger partial charge < -0.3 is 5.11 Å². The Morgan fingerprint density at radius 2 is 1.90 bits per heavy atom. The molecule has 0 bridgehead atoms. The Morgan fingerprint density at radius 1 is 1.15 bits per heavy atom. The van der Waals surface area contributed by atoms with Crippen LogP contribution in [-0.2, 0) is 4.79 Å². The van der Waals surface area contributed by atoms with Gasteiger partial charge in [-0.1, -0.05) is 12.1 Å². The summed E-state index contributed by atoms with van der Waals surface area (Å²) in [6, 6.07) is 6.43. The molecule has 7 heteroatoms. The lowest BCUT2D eigenvalue weighted by molar-refractivity contribution is -0.131. The minimum atomic E-state index is -1.03. The lowest BCUT2D eigenvalue weighted by atomic mass is 10.1. The fourth-order valence-electron chi connectivity index (χ4n) is 1.39. The third-order valence-electron chi connectivity index (χ3n) is 2.30. The highest BCUT2D eigenvalue weighted by Gasteiger charge is 2.07. The number of anilines is 1. The van der Waals surface area contributed by atoms with Gasteiger partial charge in [-0.3, -0.25) is 10.1 Å². The quantitative estimate of drug-likeness (QED) is 0.809. The molecule has 20 heavy (non-hydrogen) atoms. The number of aliphatic carboxylic acids is 1. The number of carboxylic acids is 1. The van der Waals surface area contributed by atoms with Gasteiger partial charge in [-0.05, 0) is 23.8 Å². The second kappa shape index (κ2) is 6.19. The Hall–Kier alpha value is -3.09. The molecule has 1 aromatic carbocycles. The van der Waals surface area contributed by atoms with Crippen LogP contribution in [0.1, 0.15) is 15.9 Å². The van der Waals surface area contributed by atoms with E-state index in [0.29, 0.717) is 11.1 Å². The van der Waals surface area contributed by atoms with E-state index in [1.807, 2.05) is 0 Å².